The summed E-state index contributed by atoms with van der Waals surface area (Å²) in [5.74, 6) is -0.237. The van der Waals surface area contributed by atoms with E-state index < -0.39 is 0 Å². The van der Waals surface area contributed by atoms with Gasteiger partial charge in [-0.15, -0.1) is 0 Å². The molecule has 39 heavy (non-hydrogen) atoms. The van der Waals surface area contributed by atoms with Crippen molar-refractivity contribution in [3.05, 3.63) is 19.6 Å². The third kappa shape index (κ3) is 6.25. The Labute approximate surface area is 248 Å². The molecule has 0 spiro atoms. The monoisotopic (exact) mass is 608 g/mol. The second-order valence-corrected chi connectivity index (χ2v) is 13.3. The summed E-state index contributed by atoms with van der Waals surface area (Å²) < 4.78 is 7.40. The highest BCUT2D eigenvalue weighted by Gasteiger charge is 2.42. The highest BCUT2D eigenvalue weighted by atomic mass is 32.2. The van der Waals surface area contributed by atoms with Gasteiger partial charge in [0.1, 0.15) is 6.61 Å². The highest BCUT2D eigenvalue weighted by molar-refractivity contribution is 8.26. The largest absolute Gasteiger partial charge is 0.463 e. The normalized spacial score (nSPS) is 17.0. The van der Waals surface area contributed by atoms with E-state index in [4.69, 9.17) is 14.5 Å². The van der Waals surface area contributed by atoms with Crippen molar-refractivity contribution < 1.29 is 19.3 Å². The second-order valence-electron chi connectivity index (χ2n) is 8.70. The molecule has 0 unspecified atom stereocenters. The zero-order valence-electron chi connectivity index (χ0n) is 23.3. The van der Waals surface area contributed by atoms with Crippen molar-refractivity contribution in [2.45, 2.75) is 67.2 Å². The molecule has 212 valence electrons. The smallest absolute Gasteiger partial charge is 0.337 e. The van der Waals surface area contributed by atoms with Crippen LogP contribution in [0.1, 0.15) is 41.5 Å². The molecule has 0 radical (unpaired) electrons. The Hall–Kier alpha value is -1.46. The van der Waals surface area contributed by atoms with Crippen LogP contribution in [0, 0.1) is 11.3 Å². The third-order valence-corrected chi connectivity index (χ3v) is 11.8. The van der Waals surface area contributed by atoms with Gasteiger partial charge in [-0.05, 0) is 41.5 Å². The van der Waals surface area contributed by atoms with Gasteiger partial charge in [0.25, 0.3) is 0 Å². The topological polar surface area (TPSA) is 97.0 Å². The number of nitrogens with one attached hydrogen (secondary N) is 1. The van der Waals surface area contributed by atoms with Gasteiger partial charge in [-0.1, -0.05) is 47.0 Å². The van der Waals surface area contributed by atoms with E-state index >= 15 is 0 Å². The molecular weight excluding hydrogens is 573 g/mol. The number of ether oxygens (including phenoxy) is 1. The number of thioether (sulfide) groups is 4. The van der Waals surface area contributed by atoms with Gasteiger partial charge < -0.3 is 19.9 Å². The zero-order valence-corrected chi connectivity index (χ0v) is 26.6. The molecule has 8 nitrogen and oxygen atoms in total. The molecular formula is C27H36N4O4S4. The quantitative estimate of drug-likeness (QED) is 0.0402. The van der Waals surface area contributed by atoms with Gasteiger partial charge in [-0.25, -0.2) is 14.6 Å². The van der Waals surface area contributed by atoms with E-state index in [9.17, 15) is 10.1 Å². The zero-order chi connectivity index (χ0) is 28.1. The van der Waals surface area contributed by atoms with Crippen LogP contribution in [-0.2, 0) is 19.3 Å². The standard InChI is InChI=1S/C27H36N4O4S4/c1-7-30(8-2)19-21-22(37-26(36-21)16(13-28)15-35-34-12-6)20(31(9-3)10-4)24-23(19)38-27(39-24)18(17-14-29-17)25(32)33-11-5/h17,29H,7-12,14-15H2,1-6H3/t17-/m1/s1. The number of carbonyl (C=O) groups is 1. The summed E-state index contributed by atoms with van der Waals surface area (Å²) in [6.07, 6.45) is 0. The molecule has 0 saturated carbocycles. The molecule has 1 N–H and O–H groups in total. The Morgan fingerprint density at radius 2 is 1.33 bits per heavy atom. The van der Waals surface area contributed by atoms with Gasteiger partial charge in [-0.2, -0.15) is 5.26 Å². The predicted octanol–water partition coefficient (Wildman–Crippen LogP) is 6.22. The number of rotatable bonds is 13. The van der Waals surface area contributed by atoms with E-state index in [1.54, 1.807) is 47.0 Å². The number of nitrogens with zero attached hydrogens (tertiary/aromatic N) is 3. The van der Waals surface area contributed by atoms with Crippen LogP contribution in [0.5, 0.6) is 0 Å². The molecule has 1 aromatic rings. The lowest BCUT2D eigenvalue weighted by Gasteiger charge is -2.30. The van der Waals surface area contributed by atoms with Gasteiger partial charge in [0.05, 0.1) is 75.9 Å². The minimum absolute atomic E-state index is 0.0378. The molecule has 0 aromatic heterocycles. The summed E-state index contributed by atoms with van der Waals surface area (Å²) in [6, 6.07) is 2.38. The van der Waals surface area contributed by atoms with Crippen LogP contribution in [0.3, 0.4) is 0 Å². The van der Waals surface area contributed by atoms with E-state index in [1.807, 2.05) is 13.8 Å². The SMILES string of the molecule is CCOOCC(C#N)=C1Sc2c(c(N(CC)CC)c3c(c2N(CC)CC)SC(=C(C(=O)OCC)[C@H]2CN2)S3)S1. The average Bonchev–Trinajstić information content (AvgIpc) is 3.52. The fourth-order valence-corrected chi connectivity index (χ4v) is 10.4. The number of hydrogen-bond acceptors (Lipinski definition) is 12. The van der Waals surface area contributed by atoms with Crippen LogP contribution in [0.2, 0.25) is 0 Å². The number of esters is 1. The van der Waals surface area contributed by atoms with Crippen molar-refractivity contribution in [2.75, 3.05) is 62.3 Å². The van der Waals surface area contributed by atoms with Crippen LogP contribution in [0.15, 0.2) is 39.2 Å². The molecule has 3 aliphatic rings. The fraction of sp³-hybridized carbons (Fsp3) is 0.556. The van der Waals surface area contributed by atoms with E-state index in [0.717, 1.165) is 46.8 Å². The van der Waals surface area contributed by atoms with Crippen molar-refractivity contribution in [3.63, 3.8) is 0 Å². The number of nitriles is 1. The van der Waals surface area contributed by atoms with E-state index in [1.165, 1.54) is 31.0 Å². The lowest BCUT2D eigenvalue weighted by Crippen LogP contribution is -2.26. The molecule has 4 rings (SSSR count). The fourth-order valence-electron chi connectivity index (χ4n) is 4.48. The van der Waals surface area contributed by atoms with E-state index in [-0.39, 0.29) is 18.6 Å². The van der Waals surface area contributed by atoms with Gasteiger partial charge in [0, 0.05) is 32.7 Å². The molecule has 0 aliphatic carbocycles. The predicted molar refractivity (Wildman–Crippen MR) is 163 cm³/mol. The average molecular weight is 609 g/mol. The summed E-state index contributed by atoms with van der Waals surface area (Å²) in [5, 5.41) is 13.3. The number of hydrogen-bond donors (Lipinski definition) is 1. The van der Waals surface area contributed by atoms with Crippen LogP contribution in [0.4, 0.5) is 11.4 Å². The highest BCUT2D eigenvalue weighted by Crippen LogP contribution is 2.68. The molecule has 1 aromatic carbocycles. The van der Waals surface area contributed by atoms with Gasteiger partial charge in [0.15, 0.2) is 0 Å². The summed E-state index contributed by atoms with van der Waals surface area (Å²) in [7, 11) is 0. The van der Waals surface area contributed by atoms with Crippen LogP contribution in [-0.4, -0.2) is 64.6 Å². The molecule has 1 saturated heterocycles. The lowest BCUT2D eigenvalue weighted by atomic mass is 10.2. The first-order chi connectivity index (χ1) is 19.0. The molecule has 12 heteroatoms. The lowest BCUT2D eigenvalue weighted by molar-refractivity contribution is -0.283. The van der Waals surface area contributed by atoms with Crippen LogP contribution < -0.4 is 15.1 Å². The molecule has 3 heterocycles. The second kappa shape index (κ2) is 13.9. The van der Waals surface area contributed by atoms with Gasteiger partial charge >= 0.3 is 5.97 Å². The first-order valence-corrected chi connectivity index (χ1v) is 16.7. The number of fused-ring (bicyclic) bond motifs is 2. The van der Waals surface area contributed by atoms with Crippen molar-refractivity contribution >= 4 is 64.4 Å². The maximum Gasteiger partial charge on any atom is 0.337 e. The summed E-state index contributed by atoms with van der Waals surface area (Å²) in [5.41, 5.74) is 3.66. The Balaban J connectivity index is 1.92. The van der Waals surface area contributed by atoms with Crippen LogP contribution in [0.25, 0.3) is 0 Å². The summed E-state index contributed by atoms with van der Waals surface area (Å²) in [6.45, 7) is 17.5. The Morgan fingerprint density at radius 3 is 1.72 bits per heavy atom. The molecule has 1 atom stereocenters. The van der Waals surface area contributed by atoms with Gasteiger partial charge in [-0.3, -0.25) is 0 Å². The first kappa shape index (κ1) is 30.5. The minimum atomic E-state index is -0.237. The summed E-state index contributed by atoms with van der Waals surface area (Å²) in [4.78, 5) is 32.9. The van der Waals surface area contributed by atoms with E-state index in [2.05, 4.69) is 48.9 Å². The number of anilines is 2. The molecule has 0 amide bonds. The molecule has 0 bridgehead atoms. The van der Waals surface area contributed by atoms with E-state index in [0.29, 0.717) is 18.8 Å². The maximum atomic E-state index is 13.1. The Bertz CT molecular complexity index is 1150. The van der Waals surface area contributed by atoms with Crippen LogP contribution >= 0.6 is 47.0 Å². The molecule has 3 aliphatic heterocycles. The van der Waals surface area contributed by atoms with Crippen molar-refractivity contribution in [3.8, 4) is 6.07 Å². The Kier molecular flexibility index (Phi) is 10.9. The number of carbonyl (C=O) groups excluding carboxylic acids is 1. The Morgan fingerprint density at radius 1 is 0.846 bits per heavy atom. The number of benzene rings is 1. The third-order valence-electron chi connectivity index (χ3n) is 6.47. The first-order valence-electron chi connectivity index (χ1n) is 13.4. The van der Waals surface area contributed by atoms with Gasteiger partial charge in [0.2, 0.25) is 0 Å². The summed E-state index contributed by atoms with van der Waals surface area (Å²) >= 11 is 6.67. The van der Waals surface area contributed by atoms with Crippen molar-refractivity contribution in [1.29, 1.82) is 5.26 Å². The maximum absolute atomic E-state index is 13.1. The minimum Gasteiger partial charge on any atom is -0.463 e. The molecule has 1 fully saturated rings. The van der Waals surface area contributed by atoms with Crippen molar-refractivity contribution in [2.24, 2.45) is 0 Å². The van der Waals surface area contributed by atoms with Crippen molar-refractivity contribution in [1.82, 2.24) is 5.32 Å².